The molecule has 2 unspecified atom stereocenters. The van der Waals surface area contributed by atoms with Crippen molar-refractivity contribution in [2.75, 3.05) is 11.5 Å². The zero-order valence-electron chi connectivity index (χ0n) is 10.2. The lowest BCUT2D eigenvalue weighted by Gasteiger charge is -2.18. The molecule has 2 heteroatoms. The summed E-state index contributed by atoms with van der Waals surface area (Å²) in [6.07, 6.45) is 5.41. The van der Waals surface area contributed by atoms with Gasteiger partial charge >= 0.3 is 0 Å². The number of unbranched alkanes of at least 4 members (excludes halogenated alkanes) is 2. The molecule has 0 saturated carbocycles. The van der Waals surface area contributed by atoms with Crippen molar-refractivity contribution >= 4 is 23.5 Å². The van der Waals surface area contributed by atoms with Crippen LogP contribution in [-0.2, 0) is 0 Å². The summed E-state index contributed by atoms with van der Waals surface area (Å²) in [5.74, 6) is 2.69. The van der Waals surface area contributed by atoms with Crippen LogP contribution in [0, 0.1) is 0 Å². The van der Waals surface area contributed by atoms with Crippen LogP contribution in [0.1, 0.15) is 53.4 Å². The summed E-state index contributed by atoms with van der Waals surface area (Å²) in [5, 5.41) is 1.65. The van der Waals surface area contributed by atoms with Crippen LogP contribution < -0.4 is 0 Å². The third-order valence-corrected chi connectivity index (χ3v) is 5.51. The van der Waals surface area contributed by atoms with E-state index >= 15 is 0 Å². The maximum absolute atomic E-state index is 2.38. The Balaban J connectivity index is 3.39. The first-order valence-electron chi connectivity index (χ1n) is 5.95. The van der Waals surface area contributed by atoms with Crippen LogP contribution in [0.5, 0.6) is 0 Å². The van der Waals surface area contributed by atoms with Crippen molar-refractivity contribution in [1.82, 2.24) is 0 Å². The average molecular weight is 234 g/mol. The van der Waals surface area contributed by atoms with E-state index in [0.29, 0.717) is 0 Å². The van der Waals surface area contributed by atoms with Crippen molar-refractivity contribution in [2.24, 2.45) is 0 Å². The normalized spacial score (nSPS) is 15.4. The lowest BCUT2D eigenvalue weighted by atomic mass is 10.4. The molecule has 0 saturated heterocycles. The number of hydrogen-bond acceptors (Lipinski definition) is 2. The van der Waals surface area contributed by atoms with Crippen LogP contribution in [0.4, 0.5) is 0 Å². The Hall–Kier alpha value is 0.700. The first-order chi connectivity index (χ1) is 6.72. The van der Waals surface area contributed by atoms with Crippen molar-refractivity contribution in [3.63, 3.8) is 0 Å². The highest BCUT2D eigenvalue weighted by atomic mass is 32.2. The van der Waals surface area contributed by atoms with E-state index < -0.39 is 0 Å². The SMILES string of the molecule is CCCCSC(C)C(C)SCCCC. The minimum atomic E-state index is 0.823. The van der Waals surface area contributed by atoms with Crippen LogP contribution in [0.3, 0.4) is 0 Å². The highest BCUT2D eigenvalue weighted by Gasteiger charge is 2.11. The number of thioether (sulfide) groups is 2. The molecule has 2 atom stereocenters. The summed E-state index contributed by atoms with van der Waals surface area (Å²) in [6.45, 7) is 9.29. The smallest absolute Gasteiger partial charge is 0.0135 e. The molecule has 0 aliphatic rings. The molecule has 0 aromatic carbocycles. The standard InChI is InChI=1S/C12H26S2/c1-5-7-9-13-11(3)12(4)14-10-8-6-2/h11-12H,5-10H2,1-4H3. The fourth-order valence-electron chi connectivity index (χ4n) is 1.10. The molecule has 0 aliphatic carbocycles. The second-order valence-corrected chi connectivity index (χ2v) is 6.83. The highest BCUT2D eigenvalue weighted by Crippen LogP contribution is 2.25. The first-order valence-corrected chi connectivity index (χ1v) is 8.05. The Bertz CT molecular complexity index is 101. The lowest BCUT2D eigenvalue weighted by Crippen LogP contribution is -2.13. The molecule has 0 rings (SSSR count). The first kappa shape index (κ1) is 14.7. The Morgan fingerprint density at radius 1 is 0.786 bits per heavy atom. The van der Waals surface area contributed by atoms with Gasteiger partial charge in [0.15, 0.2) is 0 Å². The van der Waals surface area contributed by atoms with Crippen LogP contribution in [0.2, 0.25) is 0 Å². The van der Waals surface area contributed by atoms with Crippen LogP contribution in [-0.4, -0.2) is 22.0 Å². The van der Waals surface area contributed by atoms with E-state index in [4.69, 9.17) is 0 Å². The average Bonchev–Trinajstić information content (AvgIpc) is 2.18. The monoisotopic (exact) mass is 234 g/mol. The Kier molecular flexibility index (Phi) is 10.7. The zero-order valence-corrected chi connectivity index (χ0v) is 11.8. The molecule has 0 aromatic heterocycles. The molecule has 86 valence electrons. The van der Waals surface area contributed by atoms with E-state index in [1.54, 1.807) is 0 Å². The zero-order chi connectivity index (χ0) is 10.8. The second kappa shape index (κ2) is 10.2. The van der Waals surface area contributed by atoms with Crippen molar-refractivity contribution < 1.29 is 0 Å². The number of rotatable bonds is 9. The molecule has 14 heavy (non-hydrogen) atoms. The van der Waals surface area contributed by atoms with E-state index in [1.807, 2.05) is 0 Å². The molecule has 0 bridgehead atoms. The van der Waals surface area contributed by atoms with E-state index in [9.17, 15) is 0 Å². The van der Waals surface area contributed by atoms with Gasteiger partial charge in [0.05, 0.1) is 0 Å². The molecule has 0 radical (unpaired) electrons. The van der Waals surface area contributed by atoms with Crippen LogP contribution in [0.25, 0.3) is 0 Å². The summed E-state index contributed by atoms with van der Waals surface area (Å²) in [7, 11) is 0. The molecule has 0 heterocycles. The fraction of sp³-hybridized carbons (Fsp3) is 1.00. The Labute approximate surface area is 99.0 Å². The third kappa shape index (κ3) is 8.05. The highest BCUT2D eigenvalue weighted by molar-refractivity contribution is 8.03. The van der Waals surface area contributed by atoms with Crippen molar-refractivity contribution in [3.05, 3.63) is 0 Å². The maximum atomic E-state index is 2.38. The summed E-state index contributed by atoms with van der Waals surface area (Å²) in [6, 6.07) is 0. The van der Waals surface area contributed by atoms with Crippen LogP contribution in [0.15, 0.2) is 0 Å². The largest absolute Gasteiger partial charge is 0.158 e. The summed E-state index contributed by atoms with van der Waals surface area (Å²) < 4.78 is 0. The summed E-state index contributed by atoms with van der Waals surface area (Å²) >= 11 is 4.29. The maximum Gasteiger partial charge on any atom is 0.0135 e. The second-order valence-electron chi connectivity index (χ2n) is 3.86. The quantitative estimate of drug-likeness (QED) is 0.524. The third-order valence-electron chi connectivity index (χ3n) is 2.42. The molecule has 0 fully saturated rings. The van der Waals surface area contributed by atoms with Gasteiger partial charge in [-0.25, -0.2) is 0 Å². The van der Waals surface area contributed by atoms with Gasteiger partial charge in [0.1, 0.15) is 0 Å². The molecule has 0 aliphatic heterocycles. The van der Waals surface area contributed by atoms with E-state index in [2.05, 4.69) is 51.2 Å². The fourth-order valence-corrected chi connectivity index (χ4v) is 3.77. The predicted molar refractivity (Wildman–Crippen MR) is 73.7 cm³/mol. The molecule has 0 N–H and O–H groups in total. The summed E-state index contributed by atoms with van der Waals surface area (Å²) in [4.78, 5) is 0. The van der Waals surface area contributed by atoms with Gasteiger partial charge in [0, 0.05) is 10.5 Å². The molecule has 0 nitrogen and oxygen atoms in total. The minimum Gasteiger partial charge on any atom is -0.158 e. The van der Waals surface area contributed by atoms with Gasteiger partial charge in [-0.3, -0.25) is 0 Å². The number of hydrogen-bond donors (Lipinski definition) is 0. The van der Waals surface area contributed by atoms with Gasteiger partial charge in [0.2, 0.25) is 0 Å². The molecular weight excluding hydrogens is 208 g/mol. The topological polar surface area (TPSA) is 0 Å². The summed E-state index contributed by atoms with van der Waals surface area (Å²) in [5.41, 5.74) is 0. The predicted octanol–water partition coefficient (Wildman–Crippen LogP) is 4.83. The minimum absolute atomic E-state index is 0.823. The molecule has 0 amide bonds. The van der Waals surface area contributed by atoms with E-state index in [-0.39, 0.29) is 0 Å². The van der Waals surface area contributed by atoms with Gasteiger partial charge in [-0.05, 0) is 24.3 Å². The molecule has 0 spiro atoms. The van der Waals surface area contributed by atoms with Gasteiger partial charge in [-0.2, -0.15) is 23.5 Å². The lowest BCUT2D eigenvalue weighted by molar-refractivity contribution is 0.869. The van der Waals surface area contributed by atoms with Gasteiger partial charge in [-0.1, -0.05) is 40.5 Å². The Morgan fingerprint density at radius 3 is 1.43 bits per heavy atom. The van der Waals surface area contributed by atoms with Crippen molar-refractivity contribution in [2.45, 2.75) is 63.9 Å². The van der Waals surface area contributed by atoms with E-state index in [0.717, 1.165) is 10.5 Å². The van der Waals surface area contributed by atoms with Gasteiger partial charge in [-0.15, -0.1) is 0 Å². The molecular formula is C12H26S2. The van der Waals surface area contributed by atoms with Gasteiger partial charge < -0.3 is 0 Å². The van der Waals surface area contributed by atoms with E-state index in [1.165, 1.54) is 37.2 Å². The van der Waals surface area contributed by atoms with Gasteiger partial charge in [0.25, 0.3) is 0 Å². The van der Waals surface area contributed by atoms with Crippen LogP contribution >= 0.6 is 23.5 Å². The van der Waals surface area contributed by atoms with Crippen molar-refractivity contribution in [1.29, 1.82) is 0 Å². The van der Waals surface area contributed by atoms with Crippen molar-refractivity contribution in [3.8, 4) is 0 Å². The Morgan fingerprint density at radius 2 is 1.14 bits per heavy atom. The molecule has 0 aromatic rings.